The zero-order chi connectivity index (χ0) is 18.4. The lowest BCUT2D eigenvalue weighted by molar-refractivity contribution is -0.117. The number of hydrogen-bond donors (Lipinski definition) is 1. The number of nitrogens with zero attached hydrogens (tertiary/aromatic N) is 2. The first-order valence-corrected chi connectivity index (χ1v) is 9.48. The zero-order valence-electron chi connectivity index (χ0n) is 14.8. The highest BCUT2D eigenvalue weighted by molar-refractivity contribution is 7.14. The minimum atomic E-state index is -0.434. The van der Waals surface area contributed by atoms with Crippen molar-refractivity contribution in [3.05, 3.63) is 52.9 Å². The molecule has 1 aromatic carbocycles. The number of thiophene rings is 1. The van der Waals surface area contributed by atoms with E-state index >= 15 is 0 Å². The molecule has 1 amide bonds. The molecule has 0 atom stereocenters. The Morgan fingerprint density at radius 3 is 2.46 bits per heavy atom. The predicted molar refractivity (Wildman–Crippen MR) is 102 cm³/mol. The Morgan fingerprint density at radius 2 is 1.77 bits per heavy atom. The number of rotatable bonds is 6. The number of anilines is 1. The van der Waals surface area contributed by atoms with Gasteiger partial charge < -0.3 is 10.1 Å². The van der Waals surface area contributed by atoms with E-state index in [-0.39, 0.29) is 5.91 Å². The molecule has 2 heterocycles. The molecule has 0 spiro atoms. The number of amides is 1. The fraction of sp³-hybridized carbons (Fsp3) is 0.368. The number of ether oxygens (including phenoxy) is 1. The summed E-state index contributed by atoms with van der Waals surface area (Å²) in [7, 11) is 1.33. The van der Waals surface area contributed by atoms with Crippen LogP contribution in [0.15, 0.2) is 41.8 Å². The predicted octanol–water partition coefficient (Wildman–Crippen LogP) is 2.29. The van der Waals surface area contributed by atoms with E-state index in [1.54, 1.807) is 11.4 Å². The molecule has 1 aliphatic heterocycles. The van der Waals surface area contributed by atoms with E-state index < -0.39 is 5.97 Å². The van der Waals surface area contributed by atoms with Gasteiger partial charge in [-0.05, 0) is 17.0 Å². The van der Waals surface area contributed by atoms with Crippen molar-refractivity contribution < 1.29 is 14.3 Å². The number of carbonyl (C=O) groups excluding carboxylic acids is 2. The van der Waals surface area contributed by atoms with Gasteiger partial charge in [-0.25, -0.2) is 4.79 Å². The highest BCUT2D eigenvalue weighted by atomic mass is 32.1. The first-order valence-electron chi connectivity index (χ1n) is 8.60. The van der Waals surface area contributed by atoms with Gasteiger partial charge in [-0.1, -0.05) is 30.3 Å². The molecule has 1 saturated heterocycles. The lowest BCUT2D eigenvalue weighted by Crippen LogP contribution is -2.48. The summed E-state index contributed by atoms with van der Waals surface area (Å²) in [6.07, 6.45) is 0. The zero-order valence-corrected chi connectivity index (χ0v) is 15.6. The Kier molecular flexibility index (Phi) is 6.38. The van der Waals surface area contributed by atoms with Crippen LogP contribution in [0.1, 0.15) is 15.9 Å². The molecule has 0 unspecified atom stereocenters. The first kappa shape index (κ1) is 18.6. The third-order valence-corrected chi connectivity index (χ3v) is 5.23. The van der Waals surface area contributed by atoms with Gasteiger partial charge in [-0.3, -0.25) is 14.6 Å². The molecule has 0 radical (unpaired) electrons. The molecule has 0 saturated carbocycles. The summed E-state index contributed by atoms with van der Waals surface area (Å²) in [6, 6.07) is 12.1. The van der Waals surface area contributed by atoms with Gasteiger partial charge >= 0.3 is 5.97 Å². The molecule has 138 valence electrons. The molecular weight excluding hydrogens is 350 g/mol. The Bertz CT molecular complexity index is 739. The quantitative estimate of drug-likeness (QED) is 0.788. The SMILES string of the molecule is COC(=O)c1ccsc1NC(=O)CN1CCN(Cc2ccccc2)CC1. The Morgan fingerprint density at radius 1 is 1.08 bits per heavy atom. The minimum Gasteiger partial charge on any atom is -0.465 e. The van der Waals surface area contributed by atoms with Crippen molar-refractivity contribution in [1.29, 1.82) is 0 Å². The van der Waals surface area contributed by atoms with Crippen LogP contribution in [-0.2, 0) is 16.1 Å². The summed E-state index contributed by atoms with van der Waals surface area (Å²) < 4.78 is 4.73. The monoisotopic (exact) mass is 373 g/mol. The summed E-state index contributed by atoms with van der Waals surface area (Å²) in [6.45, 7) is 4.86. The first-order chi connectivity index (χ1) is 12.7. The van der Waals surface area contributed by atoms with E-state index in [0.717, 1.165) is 32.7 Å². The number of nitrogens with one attached hydrogen (secondary N) is 1. The van der Waals surface area contributed by atoms with Crippen LogP contribution >= 0.6 is 11.3 Å². The average molecular weight is 373 g/mol. The highest BCUT2D eigenvalue weighted by Gasteiger charge is 2.20. The average Bonchev–Trinajstić information content (AvgIpc) is 3.11. The summed E-state index contributed by atoms with van der Waals surface area (Å²) in [5.41, 5.74) is 1.71. The molecule has 7 heteroatoms. The molecule has 3 rings (SSSR count). The fourth-order valence-corrected chi connectivity index (χ4v) is 3.78. The molecule has 1 N–H and O–H groups in total. The molecule has 0 aliphatic carbocycles. The number of methoxy groups -OCH3 is 1. The second kappa shape index (κ2) is 8.93. The number of esters is 1. The lowest BCUT2D eigenvalue weighted by atomic mass is 10.2. The van der Waals surface area contributed by atoms with Crippen molar-refractivity contribution in [3.63, 3.8) is 0 Å². The van der Waals surface area contributed by atoms with Crippen molar-refractivity contribution >= 4 is 28.2 Å². The molecule has 6 nitrogen and oxygen atoms in total. The molecule has 1 aromatic heterocycles. The van der Waals surface area contributed by atoms with Crippen LogP contribution in [0.4, 0.5) is 5.00 Å². The maximum absolute atomic E-state index is 12.3. The Labute approximate surface area is 157 Å². The Hall–Kier alpha value is -2.22. The van der Waals surface area contributed by atoms with Crippen LogP contribution in [0, 0.1) is 0 Å². The molecule has 26 heavy (non-hydrogen) atoms. The van der Waals surface area contributed by atoms with Crippen LogP contribution in [0.3, 0.4) is 0 Å². The molecule has 2 aromatic rings. The minimum absolute atomic E-state index is 0.103. The van der Waals surface area contributed by atoms with Crippen molar-refractivity contribution in [2.24, 2.45) is 0 Å². The molecule has 1 aliphatic rings. The van der Waals surface area contributed by atoms with Crippen molar-refractivity contribution in [1.82, 2.24) is 9.80 Å². The van der Waals surface area contributed by atoms with Gasteiger partial charge in [0.15, 0.2) is 0 Å². The van der Waals surface area contributed by atoms with Gasteiger partial charge in [-0.15, -0.1) is 11.3 Å². The Balaban J connectivity index is 1.45. The van der Waals surface area contributed by atoms with E-state index in [1.165, 1.54) is 24.0 Å². The van der Waals surface area contributed by atoms with Gasteiger partial charge in [0.1, 0.15) is 5.00 Å². The number of benzene rings is 1. The molecule has 1 fully saturated rings. The lowest BCUT2D eigenvalue weighted by Gasteiger charge is -2.34. The smallest absolute Gasteiger partial charge is 0.340 e. The van der Waals surface area contributed by atoms with Gasteiger partial charge in [-0.2, -0.15) is 0 Å². The number of piperazine rings is 1. The van der Waals surface area contributed by atoms with Crippen LogP contribution < -0.4 is 5.32 Å². The van der Waals surface area contributed by atoms with Gasteiger partial charge in [0.2, 0.25) is 5.91 Å². The normalized spacial score (nSPS) is 15.6. The summed E-state index contributed by atoms with van der Waals surface area (Å²) in [5.74, 6) is -0.537. The number of hydrogen-bond acceptors (Lipinski definition) is 6. The summed E-state index contributed by atoms with van der Waals surface area (Å²) in [5, 5.41) is 5.14. The maximum atomic E-state index is 12.3. The molecule has 0 bridgehead atoms. The third-order valence-electron chi connectivity index (χ3n) is 4.40. The van der Waals surface area contributed by atoms with E-state index in [4.69, 9.17) is 4.74 Å². The van der Waals surface area contributed by atoms with Gasteiger partial charge in [0.25, 0.3) is 0 Å². The van der Waals surface area contributed by atoms with E-state index in [0.29, 0.717) is 17.1 Å². The molecular formula is C19H23N3O3S. The van der Waals surface area contributed by atoms with Gasteiger partial charge in [0, 0.05) is 32.7 Å². The third kappa shape index (κ3) is 4.91. The van der Waals surface area contributed by atoms with Crippen LogP contribution in [0.2, 0.25) is 0 Å². The fourth-order valence-electron chi connectivity index (χ4n) is 2.99. The summed E-state index contributed by atoms with van der Waals surface area (Å²) >= 11 is 1.33. The topological polar surface area (TPSA) is 61.9 Å². The van der Waals surface area contributed by atoms with Gasteiger partial charge in [0.05, 0.1) is 19.2 Å². The van der Waals surface area contributed by atoms with Crippen LogP contribution in [0.5, 0.6) is 0 Å². The maximum Gasteiger partial charge on any atom is 0.340 e. The second-order valence-electron chi connectivity index (χ2n) is 6.24. The number of carbonyl (C=O) groups is 2. The van der Waals surface area contributed by atoms with E-state index in [9.17, 15) is 9.59 Å². The highest BCUT2D eigenvalue weighted by Crippen LogP contribution is 2.23. The van der Waals surface area contributed by atoms with E-state index in [2.05, 4.69) is 39.4 Å². The van der Waals surface area contributed by atoms with Crippen molar-refractivity contribution in [2.75, 3.05) is 45.2 Å². The van der Waals surface area contributed by atoms with Crippen LogP contribution in [0.25, 0.3) is 0 Å². The van der Waals surface area contributed by atoms with Crippen molar-refractivity contribution in [3.8, 4) is 0 Å². The van der Waals surface area contributed by atoms with Crippen LogP contribution in [-0.4, -0.2) is 61.5 Å². The second-order valence-corrected chi connectivity index (χ2v) is 7.16. The standard InChI is InChI=1S/C19H23N3O3S/c1-25-19(24)16-7-12-26-18(16)20-17(23)14-22-10-8-21(9-11-22)13-15-5-3-2-4-6-15/h2-7,12H,8-11,13-14H2,1H3,(H,20,23). The summed E-state index contributed by atoms with van der Waals surface area (Å²) in [4.78, 5) is 28.5. The van der Waals surface area contributed by atoms with Crippen molar-refractivity contribution in [2.45, 2.75) is 6.54 Å². The largest absolute Gasteiger partial charge is 0.465 e. The van der Waals surface area contributed by atoms with E-state index in [1.807, 2.05) is 6.07 Å².